The number of carbonyl (C=O) groups is 3. The molecule has 0 bridgehead atoms. The first-order valence-corrected chi connectivity index (χ1v) is 31.7. The van der Waals surface area contributed by atoms with E-state index in [0.29, 0.717) is 17.4 Å². The second kappa shape index (κ2) is 58.6. The van der Waals surface area contributed by atoms with E-state index in [2.05, 4.69) is 98.9 Å². The van der Waals surface area contributed by atoms with Crippen LogP contribution >= 0.6 is 0 Å². The molecule has 2 unspecified atom stereocenters. The molecule has 0 aromatic carbocycles. The first-order chi connectivity index (χ1) is 37.6. The molecule has 9 heteroatoms. The fraction of sp³-hybridized carbons (Fsp3) is 0.750. The van der Waals surface area contributed by atoms with Gasteiger partial charge in [0.1, 0.15) is 13.2 Å². The van der Waals surface area contributed by atoms with Crippen molar-refractivity contribution in [1.82, 2.24) is 0 Å². The van der Waals surface area contributed by atoms with E-state index < -0.39 is 24.3 Å². The van der Waals surface area contributed by atoms with Crippen LogP contribution in [0.25, 0.3) is 0 Å². The molecule has 0 N–H and O–H groups in total. The summed E-state index contributed by atoms with van der Waals surface area (Å²) in [5.74, 6) is -2.31. The number of rotatable bonds is 58. The minimum absolute atomic E-state index is 0.141. The molecule has 0 radical (unpaired) electrons. The van der Waals surface area contributed by atoms with Crippen LogP contribution in [0.15, 0.2) is 85.1 Å². The summed E-state index contributed by atoms with van der Waals surface area (Å²) in [6.45, 7) is 4.62. The number of hydrogen-bond donors (Lipinski definition) is 0. The quantitative estimate of drug-likeness (QED) is 0.0195. The van der Waals surface area contributed by atoms with Crippen LogP contribution in [0.5, 0.6) is 0 Å². The Hall–Kier alpha value is -3.53. The van der Waals surface area contributed by atoms with Crippen LogP contribution in [0.1, 0.15) is 271 Å². The number of aliphatic carboxylic acids is 1. The Labute approximate surface area is 474 Å². The van der Waals surface area contributed by atoms with Crippen LogP contribution in [0, 0.1) is 0 Å². The van der Waals surface area contributed by atoms with Crippen LogP contribution < -0.4 is 5.11 Å². The molecule has 0 aliphatic rings. The van der Waals surface area contributed by atoms with Gasteiger partial charge >= 0.3 is 11.9 Å². The average molecular weight is 1080 g/mol. The van der Waals surface area contributed by atoms with Crippen molar-refractivity contribution in [2.45, 2.75) is 283 Å². The molecule has 0 aliphatic heterocycles. The molecule has 0 rings (SSSR count). The van der Waals surface area contributed by atoms with Crippen molar-refractivity contribution in [3.8, 4) is 0 Å². The Bertz CT molecular complexity index is 1540. The van der Waals surface area contributed by atoms with Gasteiger partial charge < -0.3 is 33.3 Å². The highest BCUT2D eigenvalue weighted by Crippen LogP contribution is 2.17. The summed E-state index contributed by atoms with van der Waals surface area (Å²) in [5.41, 5.74) is 0. The van der Waals surface area contributed by atoms with Gasteiger partial charge in [-0.05, 0) is 89.9 Å². The molecular weight excluding hydrogens is 959 g/mol. The standard InChI is InChI=1S/C68H119NO8/c1-6-8-10-12-14-16-18-20-22-24-26-28-29-30-31-32-33-34-35-36-37-39-40-42-44-46-48-50-52-54-56-58-65(70)75-62-64(63-76-68(67(72)73)74-61-60-69(3,4)5)77-66(71)59-57-55-53-51-49-47-45-43-41-38-27-25-23-21-19-17-15-13-11-9-7-2/h9,11,15,17-18,20-21,23-24,26-27,38,43,45,64,68H,6-8,10,12-14,16,19,22,25,28-37,39-42,44,46-63H2,1-5H3/b11-9-,17-15-,20-18-,23-21-,26-24-,38-27-,45-43-. The lowest BCUT2D eigenvalue weighted by atomic mass is 10.0. The minimum atomic E-state index is -1.63. The Morgan fingerprint density at radius 2 is 0.740 bits per heavy atom. The number of esters is 2. The summed E-state index contributed by atoms with van der Waals surface area (Å²) in [4.78, 5) is 37.4. The number of carbonyl (C=O) groups excluding carboxylic acids is 3. The van der Waals surface area contributed by atoms with Gasteiger partial charge in [-0.3, -0.25) is 9.59 Å². The number of nitrogens with zero attached hydrogens (tertiary/aromatic N) is 1. The zero-order chi connectivity index (χ0) is 56.2. The summed E-state index contributed by atoms with van der Waals surface area (Å²) in [7, 11) is 5.92. The molecule has 444 valence electrons. The van der Waals surface area contributed by atoms with Crippen LogP contribution in [-0.2, 0) is 33.3 Å². The molecule has 0 spiro atoms. The third-order valence-corrected chi connectivity index (χ3v) is 13.6. The van der Waals surface area contributed by atoms with Crippen molar-refractivity contribution in [2.75, 3.05) is 47.5 Å². The van der Waals surface area contributed by atoms with Crippen LogP contribution in [0.3, 0.4) is 0 Å². The van der Waals surface area contributed by atoms with E-state index >= 15 is 0 Å². The number of quaternary nitrogens is 1. The molecule has 0 saturated heterocycles. The van der Waals surface area contributed by atoms with Gasteiger partial charge in [-0.25, -0.2) is 0 Å². The number of carboxylic acid groups (broad SMARTS) is 1. The van der Waals surface area contributed by atoms with Gasteiger partial charge in [0, 0.05) is 12.8 Å². The number of likely N-dealkylation sites (N-methyl/N-ethyl adjacent to an activating group) is 1. The average Bonchev–Trinajstić information content (AvgIpc) is 3.40. The molecule has 9 nitrogen and oxygen atoms in total. The van der Waals surface area contributed by atoms with E-state index in [9.17, 15) is 19.5 Å². The van der Waals surface area contributed by atoms with Crippen molar-refractivity contribution in [2.24, 2.45) is 0 Å². The minimum Gasteiger partial charge on any atom is -0.545 e. The molecule has 0 heterocycles. The van der Waals surface area contributed by atoms with Crippen LogP contribution in [0.4, 0.5) is 0 Å². The first-order valence-electron chi connectivity index (χ1n) is 31.7. The van der Waals surface area contributed by atoms with E-state index in [4.69, 9.17) is 18.9 Å². The summed E-state index contributed by atoms with van der Waals surface area (Å²) < 4.78 is 22.7. The predicted molar refractivity (Wildman–Crippen MR) is 324 cm³/mol. The number of carboxylic acids is 1. The number of unbranched alkanes of at least 4 members (excludes halogenated alkanes) is 29. The Morgan fingerprint density at radius 1 is 0.403 bits per heavy atom. The zero-order valence-corrected chi connectivity index (χ0v) is 50.6. The van der Waals surface area contributed by atoms with Crippen molar-refractivity contribution in [3.05, 3.63) is 85.1 Å². The van der Waals surface area contributed by atoms with Crippen molar-refractivity contribution < 1.29 is 42.9 Å². The van der Waals surface area contributed by atoms with Gasteiger partial charge in [-0.2, -0.15) is 0 Å². The fourth-order valence-electron chi connectivity index (χ4n) is 8.77. The maximum absolute atomic E-state index is 12.9. The Kier molecular flexibility index (Phi) is 55.9. The summed E-state index contributed by atoms with van der Waals surface area (Å²) >= 11 is 0. The Morgan fingerprint density at radius 3 is 1.10 bits per heavy atom. The van der Waals surface area contributed by atoms with Gasteiger partial charge in [0.2, 0.25) is 0 Å². The first kappa shape index (κ1) is 73.5. The number of allylic oxidation sites excluding steroid dienone is 14. The molecule has 0 amide bonds. The lowest BCUT2D eigenvalue weighted by Crippen LogP contribution is -2.44. The van der Waals surface area contributed by atoms with E-state index in [0.717, 1.165) is 89.9 Å². The fourth-order valence-corrected chi connectivity index (χ4v) is 8.77. The normalized spacial score (nSPS) is 13.3. The highest BCUT2D eigenvalue weighted by atomic mass is 16.7. The van der Waals surface area contributed by atoms with Crippen molar-refractivity contribution in [1.29, 1.82) is 0 Å². The molecule has 0 aromatic heterocycles. The SMILES string of the molecule is CC/C=C\C/C=C\C/C=C\C/C=C\C/C=C\CCCCCCCC(=O)OC(COC(=O)CCCCCCCCCCCCCCCCCCCCC/C=C\C/C=C\CCCCCCC)COC(OCC[N+](C)(C)C)C(=O)[O-]. The van der Waals surface area contributed by atoms with Gasteiger partial charge in [0.25, 0.3) is 0 Å². The highest BCUT2D eigenvalue weighted by Gasteiger charge is 2.22. The van der Waals surface area contributed by atoms with E-state index in [1.54, 1.807) is 0 Å². The zero-order valence-electron chi connectivity index (χ0n) is 50.6. The smallest absolute Gasteiger partial charge is 0.306 e. The second-order valence-electron chi connectivity index (χ2n) is 22.3. The van der Waals surface area contributed by atoms with E-state index in [1.165, 1.54) is 148 Å². The Balaban J connectivity index is 4.16. The number of hydrogen-bond acceptors (Lipinski definition) is 8. The third-order valence-electron chi connectivity index (χ3n) is 13.6. The summed E-state index contributed by atoms with van der Waals surface area (Å²) in [6, 6.07) is 0. The molecule has 2 atom stereocenters. The molecule has 0 fully saturated rings. The highest BCUT2D eigenvalue weighted by molar-refractivity contribution is 5.70. The lowest BCUT2D eigenvalue weighted by Gasteiger charge is -2.26. The van der Waals surface area contributed by atoms with Gasteiger partial charge in [0.15, 0.2) is 12.4 Å². The van der Waals surface area contributed by atoms with E-state index in [-0.39, 0.29) is 38.6 Å². The molecular formula is C68H119NO8. The van der Waals surface area contributed by atoms with Crippen LogP contribution in [-0.4, -0.2) is 82.3 Å². The summed E-state index contributed by atoms with van der Waals surface area (Å²) in [6.07, 6.45) is 75.1. The lowest BCUT2D eigenvalue weighted by molar-refractivity contribution is -0.870. The second-order valence-corrected chi connectivity index (χ2v) is 22.3. The third kappa shape index (κ3) is 60.0. The predicted octanol–water partition coefficient (Wildman–Crippen LogP) is 17.8. The van der Waals surface area contributed by atoms with Gasteiger partial charge in [0.05, 0.1) is 40.3 Å². The maximum atomic E-state index is 12.9. The van der Waals surface area contributed by atoms with Crippen molar-refractivity contribution in [3.63, 3.8) is 0 Å². The molecule has 0 saturated carbocycles. The van der Waals surface area contributed by atoms with Gasteiger partial charge in [-0.15, -0.1) is 0 Å². The molecule has 77 heavy (non-hydrogen) atoms. The summed E-state index contributed by atoms with van der Waals surface area (Å²) in [5, 5.41) is 11.8. The van der Waals surface area contributed by atoms with Crippen molar-refractivity contribution >= 4 is 17.9 Å². The van der Waals surface area contributed by atoms with Gasteiger partial charge in [-0.1, -0.05) is 253 Å². The molecule has 0 aromatic rings. The van der Waals surface area contributed by atoms with E-state index in [1.807, 2.05) is 21.1 Å². The maximum Gasteiger partial charge on any atom is 0.306 e. The molecule has 0 aliphatic carbocycles. The van der Waals surface area contributed by atoms with Crippen LogP contribution in [0.2, 0.25) is 0 Å². The topological polar surface area (TPSA) is 111 Å². The number of ether oxygens (including phenoxy) is 4. The largest absolute Gasteiger partial charge is 0.545 e. The monoisotopic (exact) mass is 1080 g/mol.